The summed E-state index contributed by atoms with van der Waals surface area (Å²) in [5.74, 6) is 1.41. The maximum absolute atomic E-state index is 9.01. The molecule has 0 fully saturated rings. The summed E-state index contributed by atoms with van der Waals surface area (Å²) in [6.45, 7) is 13.7. The average Bonchev–Trinajstić information content (AvgIpc) is 2.10. The first-order chi connectivity index (χ1) is 7.35. The normalized spacial score (nSPS) is 14.4. The standard InChI is InChI=1S/C14H31NO/c1-12(2)10-13(7-9-16)6-8-15-11-14(3,4)5/h12-13,15-16H,6-11H2,1-5H3/t13-/m0/s1. The lowest BCUT2D eigenvalue weighted by molar-refractivity contribution is 0.234. The van der Waals surface area contributed by atoms with Crippen molar-refractivity contribution in [2.24, 2.45) is 17.3 Å². The van der Waals surface area contributed by atoms with Crippen molar-refractivity contribution in [3.05, 3.63) is 0 Å². The van der Waals surface area contributed by atoms with Gasteiger partial charge >= 0.3 is 0 Å². The van der Waals surface area contributed by atoms with E-state index in [-0.39, 0.29) is 0 Å². The molecule has 0 amide bonds. The number of nitrogens with one attached hydrogen (secondary N) is 1. The molecule has 16 heavy (non-hydrogen) atoms. The third-order valence-electron chi connectivity index (χ3n) is 2.73. The summed E-state index contributed by atoms with van der Waals surface area (Å²) in [4.78, 5) is 0. The summed E-state index contributed by atoms with van der Waals surface area (Å²) >= 11 is 0. The van der Waals surface area contributed by atoms with E-state index in [1.165, 1.54) is 12.8 Å². The van der Waals surface area contributed by atoms with E-state index in [0.717, 1.165) is 25.4 Å². The average molecular weight is 229 g/mol. The van der Waals surface area contributed by atoms with Crippen LogP contribution in [0.25, 0.3) is 0 Å². The van der Waals surface area contributed by atoms with E-state index in [9.17, 15) is 0 Å². The zero-order valence-corrected chi connectivity index (χ0v) is 11.8. The highest BCUT2D eigenvalue weighted by Gasteiger charge is 2.12. The van der Waals surface area contributed by atoms with Gasteiger partial charge in [0.25, 0.3) is 0 Å². The van der Waals surface area contributed by atoms with Gasteiger partial charge in [0.2, 0.25) is 0 Å². The molecule has 0 rings (SSSR count). The van der Waals surface area contributed by atoms with Crippen LogP contribution in [0.2, 0.25) is 0 Å². The molecule has 0 bridgehead atoms. The molecule has 0 aromatic heterocycles. The van der Waals surface area contributed by atoms with Gasteiger partial charge in [-0.1, -0.05) is 34.6 Å². The highest BCUT2D eigenvalue weighted by Crippen LogP contribution is 2.18. The van der Waals surface area contributed by atoms with Crippen LogP contribution in [-0.4, -0.2) is 24.8 Å². The van der Waals surface area contributed by atoms with Gasteiger partial charge in [0.15, 0.2) is 0 Å². The fourth-order valence-electron chi connectivity index (χ4n) is 2.00. The van der Waals surface area contributed by atoms with Crippen LogP contribution in [0.5, 0.6) is 0 Å². The fourth-order valence-corrected chi connectivity index (χ4v) is 2.00. The van der Waals surface area contributed by atoms with E-state index in [4.69, 9.17) is 5.11 Å². The Kier molecular flexibility index (Phi) is 8.04. The maximum Gasteiger partial charge on any atom is 0.0433 e. The molecule has 2 nitrogen and oxygen atoms in total. The number of aliphatic hydroxyl groups excluding tert-OH is 1. The first-order valence-corrected chi connectivity index (χ1v) is 6.66. The van der Waals surface area contributed by atoms with Gasteiger partial charge in [0, 0.05) is 6.61 Å². The summed E-state index contributed by atoms with van der Waals surface area (Å²) in [6, 6.07) is 0. The Morgan fingerprint density at radius 1 is 1.12 bits per heavy atom. The largest absolute Gasteiger partial charge is 0.396 e. The van der Waals surface area contributed by atoms with Crippen LogP contribution in [0.4, 0.5) is 0 Å². The van der Waals surface area contributed by atoms with Crippen molar-refractivity contribution in [2.75, 3.05) is 19.7 Å². The Morgan fingerprint density at radius 3 is 2.19 bits per heavy atom. The Labute approximate surface area is 102 Å². The van der Waals surface area contributed by atoms with Gasteiger partial charge in [0.1, 0.15) is 0 Å². The first-order valence-electron chi connectivity index (χ1n) is 6.66. The molecule has 2 N–H and O–H groups in total. The molecule has 0 aliphatic heterocycles. The van der Waals surface area contributed by atoms with Crippen LogP contribution in [0.15, 0.2) is 0 Å². The van der Waals surface area contributed by atoms with Gasteiger partial charge in [-0.05, 0) is 49.6 Å². The smallest absolute Gasteiger partial charge is 0.0433 e. The van der Waals surface area contributed by atoms with Gasteiger partial charge < -0.3 is 10.4 Å². The van der Waals surface area contributed by atoms with E-state index in [0.29, 0.717) is 17.9 Å². The van der Waals surface area contributed by atoms with Crippen LogP contribution < -0.4 is 5.32 Å². The Hall–Kier alpha value is -0.0800. The first kappa shape index (κ1) is 15.9. The second-order valence-corrected chi connectivity index (χ2v) is 6.53. The van der Waals surface area contributed by atoms with Gasteiger partial charge in [0.05, 0.1) is 0 Å². The number of hydrogen-bond donors (Lipinski definition) is 2. The minimum Gasteiger partial charge on any atom is -0.396 e. The summed E-state index contributed by atoms with van der Waals surface area (Å²) in [7, 11) is 0. The molecule has 0 spiro atoms. The van der Waals surface area contributed by atoms with Crippen molar-refractivity contribution in [3.63, 3.8) is 0 Å². The van der Waals surface area contributed by atoms with Gasteiger partial charge in [-0.2, -0.15) is 0 Å². The molecule has 0 heterocycles. The molecule has 0 aliphatic rings. The molecular weight excluding hydrogens is 198 g/mol. The summed E-state index contributed by atoms with van der Waals surface area (Å²) in [6.07, 6.45) is 3.38. The number of aliphatic hydroxyl groups is 1. The lowest BCUT2D eigenvalue weighted by Gasteiger charge is -2.21. The monoisotopic (exact) mass is 229 g/mol. The molecule has 2 heteroatoms. The number of rotatable bonds is 8. The second-order valence-electron chi connectivity index (χ2n) is 6.53. The predicted octanol–water partition coefficient (Wildman–Crippen LogP) is 3.06. The van der Waals surface area contributed by atoms with Gasteiger partial charge in [-0.3, -0.25) is 0 Å². The van der Waals surface area contributed by atoms with Crippen LogP contribution in [0.3, 0.4) is 0 Å². The van der Waals surface area contributed by atoms with Crippen molar-refractivity contribution < 1.29 is 5.11 Å². The molecule has 0 unspecified atom stereocenters. The van der Waals surface area contributed by atoms with E-state index in [1.54, 1.807) is 0 Å². The minimum atomic E-state index is 0.330. The Bertz CT molecular complexity index is 161. The quantitative estimate of drug-likeness (QED) is 0.627. The topological polar surface area (TPSA) is 32.3 Å². The lowest BCUT2D eigenvalue weighted by atomic mass is 9.91. The second kappa shape index (κ2) is 8.08. The van der Waals surface area contributed by atoms with E-state index >= 15 is 0 Å². The van der Waals surface area contributed by atoms with Crippen molar-refractivity contribution in [1.82, 2.24) is 5.32 Å². The Balaban J connectivity index is 3.67. The van der Waals surface area contributed by atoms with Crippen molar-refractivity contribution in [2.45, 2.75) is 53.9 Å². The third kappa shape index (κ3) is 10.4. The van der Waals surface area contributed by atoms with E-state index in [2.05, 4.69) is 39.9 Å². The number of hydrogen-bond acceptors (Lipinski definition) is 2. The fraction of sp³-hybridized carbons (Fsp3) is 1.00. The highest BCUT2D eigenvalue weighted by atomic mass is 16.3. The lowest BCUT2D eigenvalue weighted by Crippen LogP contribution is -2.28. The van der Waals surface area contributed by atoms with Crippen LogP contribution in [0.1, 0.15) is 53.9 Å². The highest BCUT2D eigenvalue weighted by molar-refractivity contribution is 4.67. The van der Waals surface area contributed by atoms with Crippen LogP contribution in [-0.2, 0) is 0 Å². The van der Waals surface area contributed by atoms with Gasteiger partial charge in [-0.15, -0.1) is 0 Å². The molecular formula is C14H31NO. The SMILES string of the molecule is CC(C)C[C@H](CCO)CCNCC(C)(C)C. The summed E-state index contributed by atoms with van der Waals surface area (Å²) in [5, 5.41) is 12.5. The van der Waals surface area contributed by atoms with E-state index in [1.807, 2.05) is 0 Å². The van der Waals surface area contributed by atoms with Crippen molar-refractivity contribution in [1.29, 1.82) is 0 Å². The summed E-state index contributed by atoms with van der Waals surface area (Å²) in [5.41, 5.74) is 0.366. The summed E-state index contributed by atoms with van der Waals surface area (Å²) < 4.78 is 0. The van der Waals surface area contributed by atoms with Crippen LogP contribution in [0, 0.1) is 17.3 Å². The maximum atomic E-state index is 9.01. The Morgan fingerprint density at radius 2 is 1.75 bits per heavy atom. The third-order valence-corrected chi connectivity index (χ3v) is 2.73. The van der Waals surface area contributed by atoms with E-state index < -0.39 is 0 Å². The zero-order chi connectivity index (χ0) is 12.6. The molecule has 0 aromatic carbocycles. The minimum absolute atomic E-state index is 0.330. The zero-order valence-electron chi connectivity index (χ0n) is 11.8. The molecule has 98 valence electrons. The molecule has 1 atom stereocenters. The van der Waals surface area contributed by atoms with Crippen molar-refractivity contribution in [3.8, 4) is 0 Å². The van der Waals surface area contributed by atoms with Gasteiger partial charge in [-0.25, -0.2) is 0 Å². The predicted molar refractivity (Wildman–Crippen MR) is 71.6 cm³/mol. The van der Waals surface area contributed by atoms with Crippen molar-refractivity contribution >= 4 is 0 Å². The molecule has 0 aliphatic carbocycles. The molecule has 0 aromatic rings. The van der Waals surface area contributed by atoms with Crippen LogP contribution >= 0.6 is 0 Å². The molecule has 0 saturated heterocycles. The molecule has 0 saturated carbocycles. The molecule has 0 radical (unpaired) electrons.